The minimum atomic E-state index is -0.0345. The molecule has 0 saturated carbocycles. The van der Waals surface area contributed by atoms with E-state index in [1.807, 2.05) is 50.5 Å². The van der Waals surface area contributed by atoms with Gasteiger partial charge in [-0.2, -0.15) is 0 Å². The molecule has 20 heavy (non-hydrogen) atoms. The van der Waals surface area contributed by atoms with Crippen molar-refractivity contribution in [2.75, 3.05) is 19.1 Å². The summed E-state index contributed by atoms with van der Waals surface area (Å²) in [6, 6.07) is 12.1. The van der Waals surface area contributed by atoms with Gasteiger partial charge in [0, 0.05) is 19.6 Å². The summed E-state index contributed by atoms with van der Waals surface area (Å²) in [5.41, 5.74) is 8.98. The molecule has 0 unspecified atom stereocenters. The van der Waals surface area contributed by atoms with E-state index in [1.54, 1.807) is 7.11 Å². The van der Waals surface area contributed by atoms with Crippen molar-refractivity contribution in [2.24, 2.45) is 5.73 Å². The zero-order valence-electron chi connectivity index (χ0n) is 12.2. The molecule has 1 atom stereocenters. The van der Waals surface area contributed by atoms with Crippen LogP contribution in [0.3, 0.4) is 0 Å². The Morgan fingerprint density at radius 3 is 2.70 bits per heavy atom. The molecule has 0 aliphatic carbocycles. The predicted octanol–water partition coefficient (Wildman–Crippen LogP) is 2.75. The minimum Gasteiger partial charge on any atom is -0.497 e. The molecule has 2 rings (SSSR count). The van der Waals surface area contributed by atoms with Gasteiger partial charge in [-0.25, -0.2) is 0 Å². The number of nitrogens with zero attached hydrogens (tertiary/aromatic N) is 2. The van der Waals surface area contributed by atoms with Crippen molar-refractivity contribution in [1.82, 2.24) is 4.98 Å². The van der Waals surface area contributed by atoms with E-state index in [-0.39, 0.29) is 6.04 Å². The molecule has 1 aromatic heterocycles. The second-order valence-electron chi connectivity index (χ2n) is 4.94. The normalized spacial score (nSPS) is 12.0. The van der Waals surface area contributed by atoms with Gasteiger partial charge >= 0.3 is 0 Å². The zero-order chi connectivity index (χ0) is 14.5. The number of rotatable bonds is 5. The Morgan fingerprint density at radius 1 is 1.30 bits per heavy atom. The van der Waals surface area contributed by atoms with Gasteiger partial charge in [0.2, 0.25) is 0 Å². The van der Waals surface area contributed by atoms with Crippen molar-refractivity contribution in [3.05, 3.63) is 53.9 Å². The fourth-order valence-corrected chi connectivity index (χ4v) is 2.03. The summed E-state index contributed by atoms with van der Waals surface area (Å²) in [5, 5.41) is 0. The van der Waals surface area contributed by atoms with Crippen LogP contribution in [-0.4, -0.2) is 19.1 Å². The van der Waals surface area contributed by atoms with Gasteiger partial charge in [0.1, 0.15) is 5.75 Å². The molecular formula is C16H21N3O. The van der Waals surface area contributed by atoms with Gasteiger partial charge in [0.05, 0.1) is 24.7 Å². The van der Waals surface area contributed by atoms with Gasteiger partial charge in [-0.1, -0.05) is 12.1 Å². The molecule has 0 aliphatic heterocycles. The van der Waals surface area contributed by atoms with Crippen LogP contribution in [0.1, 0.15) is 24.2 Å². The number of hydrogen-bond donors (Lipinski definition) is 1. The van der Waals surface area contributed by atoms with Crippen molar-refractivity contribution < 1.29 is 4.74 Å². The van der Waals surface area contributed by atoms with Gasteiger partial charge in [-0.05, 0) is 36.8 Å². The highest BCUT2D eigenvalue weighted by Gasteiger charge is 2.05. The molecule has 4 heteroatoms. The number of ether oxygens (including phenoxy) is 1. The van der Waals surface area contributed by atoms with Crippen LogP contribution >= 0.6 is 0 Å². The van der Waals surface area contributed by atoms with E-state index >= 15 is 0 Å². The molecule has 2 aromatic rings. The van der Waals surface area contributed by atoms with Gasteiger partial charge < -0.3 is 15.4 Å². The van der Waals surface area contributed by atoms with Gasteiger partial charge in [0.25, 0.3) is 0 Å². The van der Waals surface area contributed by atoms with Crippen LogP contribution in [0.4, 0.5) is 5.69 Å². The minimum absolute atomic E-state index is 0.0345. The number of benzene rings is 1. The second-order valence-corrected chi connectivity index (χ2v) is 4.94. The number of hydrogen-bond acceptors (Lipinski definition) is 4. The molecule has 4 nitrogen and oxygen atoms in total. The van der Waals surface area contributed by atoms with Crippen LogP contribution in [0, 0.1) is 0 Å². The van der Waals surface area contributed by atoms with Crippen LogP contribution < -0.4 is 15.4 Å². The summed E-state index contributed by atoms with van der Waals surface area (Å²) in [7, 11) is 3.72. The zero-order valence-corrected chi connectivity index (χ0v) is 12.2. The maximum Gasteiger partial charge on any atom is 0.119 e. The fourth-order valence-electron chi connectivity index (χ4n) is 2.03. The van der Waals surface area contributed by atoms with E-state index in [0.29, 0.717) is 0 Å². The summed E-state index contributed by atoms with van der Waals surface area (Å²) in [6.45, 7) is 2.73. The third-order valence-corrected chi connectivity index (χ3v) is 3.23. The Labute approximate surface area is 120 Å². The molecule has 106 valence electrons. The molecule has 1 aromatic carbocycles. The van der Waals surface area contributed by atoms with Crippen molar-refractivity contribution in [2.45, 2.75) is 19.5 Å². The molecule has 2 N–H and O–H groups in total. The van der Waals surface area contributed by atoms with E-state index in [1.165, 1.54) is 5.56 Å². The first-order chi connectivity index (χ1) is 9.60. The Kier molecular flexibility index (Phi) is 4.58. The predicted molar refractivity (Wildman–Crippen MR) is 81.9 cm³/mol. The first-order valence-corrected chi connectivity index (χ1v) is 6.65. The van der Waals surface area contributed by atoms with Crippen molar-refractivity contribution in [1.29, 1.82) is 0 Å². The van der Waals surface area contributed by atoms with Gasteiger partial charge in [-0.15, -0.1) is 0 Å². The molecule has 0 bridgehead atoms. The lowest BCUT2D eigenvalue weighted by Gasteiger charge is -2.20. The van der Waals surface area contributed by atoms with Crippen LogP contribution in [0.25, 0.3) is 0 Å². The molecule has 1 heterocycles. The first-order valence-electron chi connectivity index (χ1n) is 6.65. The average Bonchev–Trinajstić information content (AvgIpc) is 2.47. The Bertz CT molecular complexity index is 552. The van der Waals surface area contributed by atoms with Crippen molar-refractivity contribution in [3.63, 3.8) is 0 Å². The number of aromatic nitrogens is 1. The fraction of sp³-hybridized carbons (Fsp3) is 0.312. The van der Waals surface area contributed by atoms with E-state index in [0.717, 1.165) is 23.7 Å². The molecule has 0 aliphatic rings. The maximum atomic E-state index is 5.81. The van der Waals surface area contributed by atoms with Crippen LogP contribution in [0.5, 0.6) is 5.75 Å². The lowest BCUT2D eigenvalue weighted by Crippen LogP contribution is -2.17. The molecule has 0 fully saturated rings. The quantitative estimate of drug-likeness (QED) is 0.908. The number of methoxy groups -OCH3 is 1. The van der Waals surface area contributed by atoms with E-state index in [4.69, 9.17) is 10.5 Å². The number of anilines is 1. The monoisotopic (exact) mass is 271 g/mol. The Balaban J connectivity index is 2.08. The van der Waals surface area contributed by atoms with Gasteiger partial charge in [-0.3, -0.25) is 4.98 Å². The van der Waals surface area contributed by atoms with Crippen LogP contribution in [0.15, 0.2) is 42.6 Å². The summed E-state index contributed by atoms with van der Waals surface area (Å²) >= 11 is 0. The van der Waals surface area contributed by atoms with Crippen LogP contribution in [-0.2, 0) is 6.54 Å². The second kappa shape index (κ2) is 6.39. The maximum absolute atomic E-state index is 5.81. The highest BCUT2D eigenvalue weighted by atomic mass is 16.5. The number of nitrogens with two attached hydrogens (primary N) is 1. The molecule has 0 spiro atoms. The third-order valence-electron chi connectivity index (χ3n) is 3.23. The van der Waals surface area contributed by atoms with Crippen molar-refractivity contribution in [3.8, 4) is 5.75 Å². The number of pyridine rings is 1. The molecule has 0 saturated heterocycles. The smallest absolute Gasteiger partial charge is 0.119 e. The highest BCUT2D eigenvalue weighted by molar-refractivity contribution is 5.45. The Hall–Kier alpha value is -2.07. The third kappa shape index (κ3) is 3.48. The van der Waals surface area contributed by atoms with E-state index in [2.05, 4.69) is 16.0 Å². The van der Waals surface area contributed by atoms with E-state index < -0.39 is 0 Å². The SMILES string of the molecule is COc1cccc(CN(C)c2ccc([C@@H](C)N)nc2)c1. The summed E-state index contributed by atoms with van der Waals surface area (Å²) in [6.07, 6.45) is 1.86. The van der Waals surface area contributed by atoms with Crippen LogP contribution in [0.2, 0.25) is 0 Å². The lowest BCUT2D eigenvalue weighted by atomic mass is 10.2. The van der Waals surface area contributed by atoms with Crippen molar-refractivity contribution >= 4 is 5.69 Å². The standard InChI is InChI=1S/C16H21N3O/c1-12(17)16-8-7-14(10-18-16)19(2)11-13-5-4-6-15(9-13)20-3/h4-10,12H,11,17H2,1-3H3/t12-/m1/s1. The molecular weight excluding hydrogens is 250 g/mol. The summed E-state index contributed by atoms with van der Waals surface area (Å²) in [5.74, 6) is 0.876. The topological polar surface area (TPSA) is 51.4 Å². The average molecular weight is 271 g/mol. The molecule has 0 radical (unpaired) electrons. The summed E-state index contributed by atoms with van der Waals surface area (Å²) in [4.78, 5) is 6.53. The summed E-state index contributed by atoms with van der Waals surface area (Å²) < 4.78 is 5.24. The van der Waals surface area contributed by atoms with Gasteiger partial charge in [0.15, 0.2) is 0 Å². The highest BCUT2D eigenvalue weighted by Crippen LogP contribution is 2.18. The first kappa shape index (κ1) is 14.3. The lowest BCUT2D eigenvalue weighted by molar-refractivity contribution is 0.414. The Morgan fingerprint density at radius 2 is 2.10 bits per heavy atom. The van der Waals surface area contributed by atoms with E-state index in [9.17, 15) is 0 Å². The molecule has 0 amide bonds. The largest absolute Gasteiger partial charge is 0.497 e.